The Bertz CT molecular complexity index is 1340. The topological polar surface area (TPSA) is 56.8 Å². The number of methoxy groups -OCH3 is 1. The Kier molecular flexibility index (Phi) is 12.4. The molecular weight excluding hydrogens is 563 g/mol. The number of nitrogens with one attached hydrogen (secondary N) is 1. The first-order valence-electron chi connectivity index (χ1n) is 15.5. The van der Waals surface area contributed by atoms with Crippen LogP contribution in [0.2, 0.25) is 5.04 Å². The number of amides is 1. The fourth-order valence-electron chi connectivity index (χ4n) is 5.67. The first kappa shape index (κ1) is 33.2. The Labute approximate surface area is 264 Å². The van der Waals surface area contributed by atoms with E-state index in [1.165, 1.54) is 10.4 Å². The molecule has 0 fully saturated rings. The van der Waals surface area contributed by atoms with Crippen molar-refractivity contribution < 1.29 is 18.7 Å². The fourth-order valence-corrected chi connectivity index (χ4v) is 10.3. The van der Waals surface area contributed by atoms with Gasteiger partial charge >= 0.3 is 6.09 Å². The van der Waals surface area contributed by atoms with E-state index in [0.717, 1.165) is 30.4 Å². The summed E-state index contributed by atoms with van der Waals surface area (Å²) in [5.41, 5.74) is 2.07. The maximum atomic E-state index is 12.1. The summed E-state index contributed by atoms with van der Waals surface area (Å²) in [6.07, 6.45) is 3.93. The summed E-state index contributed by atoms with van der Waals surface area (Å²) in [7, 11) is -1.06. The van der Waals surface area contributed by atoms with Crippen LogP contribution in [0.15, 0.2) is 121 Å². The van der Waals surface area contributed by atoms with Crippen molar-refractivity contribution in [3.05, 3.63) is 139 Å². The predicted octanol–water partition coefficient (Wildman–Crippen LogP) is 7.62. The summed E-state index contributed by atoms with van der Waals surface area (Å²) < 4.78 is 18.9. The summed E-state index contributed by atoms with van der Waals surface area (Å²) in [4.78, 5) is 12.1. The normalized spacial score (nSPS) is 13.2. The van der Waals surface area contributed by atoms with Crippen LogP contribution in [0.3, 0.4) is 0 Å². The standard InChI is InChI=1S/C38H46NO4Si/c1-38(2,3)44(34-24-13-7-14-25-34,35-26-15-8-16-27-35)43-36(32-21-11-6-12-22-32)29-33(41-4)23-17-18-28-39-37(40)42-30-31-19-9-5-10-20-31/h5-16,19-22,24-27,29,33,36H,17-18,23,28,30H2,1-4H3,(H,39,40)/t33-,36-/m1/s1. The van der Waals surface area contributed by atoms with E-state index in [4.69, 9.17) is 13.9 Å². The first-order valence-corrected chi connectivity index (χ1v) is 17.4. The molecule has 1 N–H and O–H groups in total. The van der Waals surface area contributed by atoms with Crippen molar-refractivity contribution in [1.29, 1.82) is 0 Å². The van der Waals surface area contributed by atoms with Gasteiger partial charge in [0.1, 0.15) is 6.61 Å². The monoisotopic (exact) mass is 608 g/mol. The molecule has 0 aliphatic heterocycles. The molecule has 6 heteroatoms. The third-order valence-electron chi connectivity index (χ3n) is 7.94. The molecule has 5 nitrogen and oxygen atoms in total. The quantitative estimate of drug-likeness (QED) is 0.111. The van der Waals surface area contributed by atoms with Gasteiger partial charge in [0.2, 0.25) is 0 Å². The lowest BCUT2D eigenvalue weighted by Crippen LogP contribution is -2.67. The summed E-state index contributed by atoms with van der Waals surface area (Å²) in [5.74, 6) is 0. The molecule has 0 aromatic heterocycles. The molecule has 1 amide bonds. The molecule has 231 valence electrons. The molecule has 0 saturated heterocycles. The largest absolute Gasteiger partial charge is 0.445 e. The summed E-state index contributed by atoms with van der Waals surface area (Å²) >= 11 is 0. The molecule has 0 saturated carbocycles. The Morgan fingerprint density at radius 1 is 0.773 bits per heavy atom. The second kappa shape index (κ2) is 16.4. The third-order valence-corrected chi connectivity index (χ3v) is 13.0. The van der Waals surface area contributed by atoms with Crippen LogP contribution in [0.25, 0.3) is 0 Å². The van der Waals surface area contributed by atoms with Crippen LogP contribution in [-0.4, -0.2) is 34.2 Å². The van der Waals surface area contributed by atoms with Crippen LogP contribution in [0, 0.1) is 6.42 Å². The van der Waals surface area contributed by atoms with Gasteiger partial charge in [-0.1, -0.05) is 142 Å². The van der Waals surface area contributed by atoms with Crippen LogP contribution >= 0.6 is 0 Å². The van der Waals surface area contributed by atoms with Gasteiger partial charge in [-0.3, -0.25) is 0 Å². The Morgan fingerprint density at radius 2 is 1.30 bits per heavy atom. The fraction of sp³-hybridized carbons (Fsp3) is 0.316. The third kappa shape index (κ3) is 8.91. The van der Waals surface area contributed by atoms with E-state index in [2.05, 4.69) is 117 Å². The minimum atomic E-state index is -2.81. The van der Waals surface area contributed by atoms with E-state index in [1.807, 2.05) is 36.4 Å². The highest BCUT2D eigenvalue weighted by Gasteiger charge is 2.51. The van der Waals surface area contributed by atoms with Gasteiger partial charge < -0.3 is 19.2 Å². The summed E-state index contributed by atoms with van der Waals surface area (Å²) in [6.45, 7) is 7.71. The number of benzene rings is 4. The molecule has 4 aromatic carbocycles. The number of hydrogen-bond acceptors (Lipinski definition) is 4. The lowest BCUT2D eigenvalue weighted by Gasteiger charge is -2.45. The molecule has 0 spiro atoms. The summed E-state index contributed by atoms with van der Waals surface area (Å²) in [5, 5.41) is 5.20. The molecule has 2 atom stereocenters. The number of ether oxygens (including phenoxy) is 2. The first-order chi connectivity index (χ1) is 21.3. The average molecular weight is 609 g/mol. The Morgan fingerprint density at radius 3 is 1.82 bits per heavy atom. The van der Waals surface area contributed by atoms with Crippen molar-refractivity contribution in [3.63, 3.8) is 0 Å². The molecule has 0 aliphatic rings. The second-order valence-electron chi connectivity index (χ2n) is 12.1. The predicted molar refractivity (Wildman–Crippen MR) is 181 cm³/mol. The number of carbonyl (C=O) groups is 1. The average Bonchev–Trinajstić information content (AvgIpc) is 3.05. The summed E-state index contributed by atoms with van der Waals surface area (Å²) in [6, 6.07) is 41.6. The van der Waals surface area contributed by atoms with Gasteiger partial charge in [0, 0.05) is 20.1 Å². The van der Waals surface area contributed by atoms with E-state index < -0.39 is 14.4 Å². The zero-order valence-corrected chi connectivity index (χ0v) is 27.4. The van der Waals surface area contributed by atoms with Crippen LogP contribution in [0.1, 0.15) is 57.3 Å². The van der Waals surface area contributed by atoms with Crippen molar-refractivity contribution in [3.8, 4) is 0 Å². The number of rotatable bonds is 15. The van der Waals surface area contributed by atoms with E-state index in [-0.39, 0.29) is 23.9 Å². The Hall–Kier alpha value is -3.71. The molecule has 4 rings (SSSR count). The van der Waals surface area contributed by atoms with Gasteiger partial charge in [0.15, 0.2) is 0 Å². The van der Waals surface area contributed by atoms with Crippen molar-refractivity contribution in [2.24, 2.45) is 0 Å². The second-order valence-corrected chi connectivity index (χ2v) is 16.3. The molecule has 4 aromatic rings. The van der Waals surface area contributed by atoms with E-state index in [9.17, 15) is 4.79 Å². The smallest absolute Gasteiger partial charge is 0.407 e. The van der Waals surface area contributed by atoms with E-state index >= 15 is 0 Å². The molecule has 1 radical (unpaired) electrons. The molecule has 0 unspecified atom stereocenters. The lowest BCUT2D eigenvalue weighted by atomic mass is 10.0. The highest BCUT2D eigenvalue weighted by molar-refractivity contribution is 6.99. The maximum Gasteiger partial charge on any atom is 0.407 e. The number of alkyl carbamates (subject to hydrolysis) is 1. The SMILES string of the molecule is CO[C@@H]([CH][C@@H](O[Si](c1ccccc1)(c1ccccc1)C(C)(C)C)c1ccccc1)CCCCNC(=O)OCc1ccccc1. The molecular formula is C38H46NO4Si. The van der Waals surface area contributed by atoms with Gasteiger partial charge in [0.05, 0.1) is 12.2 Å². The zero-order valence-electron chi connectivity index (χ0n) is 26.4. The maximum absolute atomic E-state index is 12.1. The van der Waals surface area contributed by atoms with Crippen molar-refractivity contribution in [1.82, 2.24) is 5.32 Å². The van der Waals surface area contributed by atoms with Crippen LogP contribution in [0.5, 0.6) is 0 Å². The van der Waals surface area contributed by atoms with Gasteiger partial charge in [-0.25, -0.2) is 4.79 Å². The zero-order chi connectivity index (χ0) is 31.3. The number of carbonyl (C=O) groups excluding carboxylic acids is 1. The molecule has 0 heterocycles. The highest BCUT2D eigenvalue weighted by atomic mass is 28.4. The minimum Gasteiger partial charge on any atom is -0.445 e. The van der Waals surface area contributed by atoms with Crippen LogP contribution < -0.4 is 15.7 Å². The van der Waals surface area contributed by atoms with Gasteiger partial charge in [0.25, 0.3) is 8.32 Å². The van der Waals surface area contributed by atoms with Crippen molar-refractivity contribution >= 4 is 24.8 Å². The van der Waals surface area contributed by atoms with Gasteiger partial charge in [-0.2, -0.15) is 0 Å². The number of hydrogen-bond donors (Lipinski definition) is 1. The molecule has 44 heavy (non-hydrogen) atoms. The van der Waals surface area contributed by atoms with Gasteiger partial charge in [-0.15, -0.1) is 0 Å². The van der Waals surface area contributed by atoms with Crippen molar-refractivity contribution in [2.45, 2.75) is 63.9 Å². The van der Waals surface area contributed by atoms with Gasteiger partial charge in [-0.05, 0) is 45.8 Å². The highest BCUT2D eigenvalue weighted by Crippen LogP contribution is 2.41. The van der Waals surface area contributed by atoms with E-state index in [1.54, 1.807) is 7.11 Å². The Balaban J connectivity index is 1.46. The van der Waals surface area contributed by atoms with E-state index in [0.29, 0.717) is 6.54 Å². The lowest BCUT2D eigenvalue weighted by molar-refractivity contribution is 0.0891. The molecule has 0 aliphatic carbocycles. The molecule has 0 bridgehead atoms. The van der Waals surface area contributed by atoms with Crippen molar-refractivity contribution in [2.75, 3.05) is 13.7 Å². The number of unbranched alkanes of at least 4 members (excludes halogenated alkanes) is 1. The van der Waals surface area contributed by atoms with Crippen LogP contribution in [0.4, 0.5) is 4.79 Å². The minimum absolute atomic E-state index is 0.122. The van der Waals surface area contributed by atoms with Crippen LogP contribution in [-0.2, 0) is 20.5 Å².